The first-order chi connectivity index (χ1) is 11.8. The number of hydrogen-bond acceptors (Lipinski definition) is 3. The van der Waals surface area contributed by atoms with Crippen molar-refractivity contribution in [3.63, 3.8) is 0 Å². The minimum absolute atomic E-state index is 0.244. The Balaban J connectivity index is 1.54. The SMILES string of the molecule is CN=C(NCC(C)Cc1cccs1)NC1CCOc2ccccc21. The Morgan fingerprint density at radius 2 is 2.21 bits per heavy atom. The fourth-order valence-electron chi connectivity index (χ4n) is 2.97. The highest BCUT2D eigenvalue weighted by molar-refractivity contribution is 7.09. The minimum atomic E-state index is 0.244. The summed E-state index contributed by atoms with van der Waals surface area (Å²) in [6.07, 6.45) is 2.05. The molecule has 0 saturated heterocycles. The van der Waals surface area contributed by atoms with Crippen LogP contribution >= 0.6 is 11.3 Å². The number of nitrogens with zero attached hydrogens (tertiary/aromatic N) is 1. The van der Waals surface area contributed by atoms with Crippen molar-refractivity contribution in [2.24, 2.45) is 10.9 Å². The number of para-hydroxylation sites is 1. The topological polar surface area (TPSA) is 45.7 Å². The number of rotatable bonds is 5. The molecule has 24 heavy (non-hydrogen) atoms. The van der Waals surface area contributed by atoms with E-state index < -0.39 is 0 Å². The summed E-state index contributed by atoms with van der Waals surface area (Å²) >= 11 is 1.82. The molecule has 2 heterocycles. The van der Waals surface area contributed by atoms with E-state index in [4.69, 9.17) is 4.74 Å². The monoisotopic (exact) mass is 343 g/mol. The highest BCUT2D eigenvalue weighted by Gasteiger charge is 2.21. The number of ether oxygens (including phenoxy) is 1. The molecule has 0 fully saturated rings. The fraction of sp³-hybridized carbons (Fsp3) is 0.421. The molecular formula is C19H25N3OS. The molecule has 1 aliphatic heterocycles. The fourth-order valence-corrected chi connectivity index (χ4v) is 3.84. The van der Waals surface area contributed by atoms with Crippen LogP contribution in [0, 0.1) is 5.92 Å². The smallest absolute Gasteiger partial charge is 0.191 e. The molecule has 5 heteroatoms. The molecule has 3 rings (SSSR count). The Morgan fingerprint density at radius 3 is 3.00 bits per heavy atom. The Hall–Kier alpha value is -2.01. The average Bonchev–Trinajstić information content (AvgIpc) is 3.11. The Bertz CT molecular complexity index is 669. The zero-order valence-electron chi connectivity index (χ0n) is 14.3. The lowest BCUT2D eigenvalue weighted by molar-refractivity contribution is 0.261. The van der Waals surface area contributed by atoms with Gasteiger partial charge in [0.1, 0.15) is 5.75 Å². The molecule has 1 aromatic carbocycles. The molecule has 128 valence electrons. The van der Waals surface area contributed by atoms with Crippen molar-refractivity contribution in [1.29, 1.82) is 0 Å². The summed E-state index contributed by atoms with van der Waals surface area (Å²) in [5, 5.41) is 9.14. The number of thiophene rings is 1. The number of guanidine groups is 1. The first kappa shape index (κ1) is 16.8. The summed E-state index contributed by atoms with van der Waals surface area (Å²) in [6.45, 7) is 3.91. The first-order valence-electron chi connectivity index (χ1n) is 8.47. The predicted molar refractivity (Wildman–Crippen MR) is 101 cm³/mol. The Kier molecular flexibility index (Phi) is 5.75. The minimum Gasteiger partial charge on any atom is -0.493 e. The van der Waals surface area contributed by atoms with Crippen LogP contribution in [0.3, 0.4) is 0 Å². The molecule has 1 aromatic heterocycles. The summed E-state index contributed by atoms with van der Waals surface area (Å²) in [5.74, 6) is 2.39. The van der Waals surface area contributed by atoms with Gasteiger partial charge in [0, 0.05) is 30.5 Å². The second-order valence-electron chi connectivity index (χ2n) is 6.21. The van der Waals surface area contributed by atoms with Crippen LogP contribution in [-0.2, 0) is 6.42 Å². The Morgan fingerprint density at radius 1 is 1.33 bits per heavy atom. The molecular weight excluding hydrogens is 318 g/mol. The largest absolute Gasteiger partial charge is 0.493 e. The van der Waals surface area contributed by atoms with Gasteiger partial charge in [0.05, 0.1) is 12.6 Å². The van der Waals surface area contributed by atoms with E-state index >= 15 is 0 Å². The van der Waals surface area contributed by atoms with Gasteiger partial charge >= 0.3 is 0 Å². The molecule has 2 unspecified atom stereocenters. The quantitative estimate of drug-likeness (QED) is 0.644. The first-order valence-corrected chi connectivity index (χ1v) is 9.35. The summed E-state index contributed by atoms with van der Waals surface area (Å²) < 4.78 is 5.73. The van der Waals surface area contributed by atoms with Crippen molar-refractivity contribution in [3.8, 4) is 5.75 Å². The van der Waals surface area contributed by atoms with Gasteiger partial charge in [-0.2, -0.15) is 0 Å². The van der Waals surface area contributed by atoms with Gasteiger partial charge in [0.25, 0.3) is 0 Å². The van der Waals surface area contributed by atoms with Crippen molar-refractivity contribution in [2.75, 3.05) is 20.2 Å². The number of nitrogens with one attached hydrogen (secondary N) is 2. The van der Waals surface area contributed by atoms with Gasteiger partial charge < -0.3 is 15.4 Å². The maximum Gasteiger partial charge on any atom is 0.191 e. The van der Waals surface area contributed by atoms with Crippen LogP contribution in [0.5, 0.6) is 5.75 Å². The number of hydrogen-bond donors (Lipinski definition) is 2. The molecule has 0 amide bonds. The van der Waals surface area contributed by atoms with Crippen molar-refractivity contribution in [3.05, 3.63) is 52.2 Å². The third kappa shape index (κ3) is 4.29. The third-order valence-electron chi connectivity index (χ3n) is 4.24. The lowest BCUT2D eigenvalue weighted by atomic mass is 10.0. The van der Waals surface area contributed by atoms with Crippen LogP contribution < -0.4 is 15.4 Å². The second kappa shape index (κ2) is 8.20. The van der Waals surface area contributed by atoms with Gasteiger partial charge in [-0.05, 0) is 29.9 Å². The van der Waals surface area contributed by atoms with Gasteiger partial charge in [0.2, 0.25) is 0 Å². The van der Waals surface area contributed by atoms with E-state index in [0.29, 0.717) is 5.92 Å². The lowest BCUT2D eigenvalue weighted by Gasteiger charge is -2.28. The summed E-state index contributed by atoms with van der Waals surface area (Å²) in [6, 6.07) is 12.8. The van der Waals surface area contributed by atoms with E-state index in [1.807, 2.05) is 30.5 Å². The van der Waals surface area contributed by atoms with Crippen LogP contribution in [0.2, 0.25) is 0 Å². The van der Waals surface area contributed by atoms with Crippen LogP contribution in [0.25, 0.3) is 0 Å². The van der Waals surface area contributed by atoms with Gasteiger partial charge in [-0.3, -0.25) is 4.99 Å². The maximum absolute atomic E-state index is 5.73. The van der Waals surface area contributed by atoms with Crippen molar-refractivity contribution in [2.45, 2.75) is 25.8 Å². The molecule has 2 N–H and O–H groups in total. The summed E-state index contributed by atoms with van der Waals surface area (Å²) in [7, 11) is 1.82. The van der Waals surface area contributed by atoms with Crippen molar-refractivity contribution in [1.82, 2.24) is 10.6 Å². The average molecular weight is 343 g/mol. The molecule has 0 aliphatic carbocycles. The number of aliphatic imine (C=N–C) groups is 1. The van der Waals surface area contributed by atoms with Gasteiger partial charge in [-0.25, -0.2) is 0 Å². The van der Waals surface area contributed by atoms with Gasteiger partial charge in [-0.1, -0.05) is 31.2 Å². The number of benzene rings is 1. The standard InChI is InChI=1S/C19H25N3OS/c1-14(12-15-6-5-11-24-15)13-21-19(20-2)22-17-9-10-23-18-8-4-3-7-16(17)18/h3-8,11,14,17H,9-10,12-13H2,1-2H3,(H2,20,21,22). The second-order valence-corrected chi connectivity index (χ2v) is 7.25. The summed E-state index contributed by atoms with van der Waals surface area (Å²) in [4.78, 5) is 5.82. The molecule has 2 aromatic rings. The van der Waals surface area contributed by atoms with Gasteiger partial charge in [0.15, 0.2) is 5.96 Å². The van der Waals surface area contributed by atoms with E-state index in [1.165, 1.54) is 10.4 Å². The molecule has 0 bridgehead atoms. The highest BCUT2D eigenvalue weighted by atomic mass is 32.1. The van der Waals surface area contributed by atoms with E-state index in [9.17, 15) is 0 Å². The summed E-state index contributed by atoms with van der Waals surface area (Å²) in [5.41, 5.74) is 1.21. The molecule has 1 aliphatic rings. The van der Waals surface area contributed by atoms with E-state index in [2.05, 4.69) is 52.2 Å². The normalized spacial score (nSPS) is 18.4. The molecule has 0 saturated carbocycles. The third-order valence-corrected chi connectivity index (χ3v) is 5.14. The van der Waals surface area contributed by atoms with Crippen LogP contribution in [0.15, 0.2) is 46.8 Å². The molecule has 0 spiro atoms. The zero-order valence-corrected chi connectivity index (χ0v) is 15.1. The van der Waals surface area contributed by atoms with E-state index in [-0.39, 0.29) is 6.04 Å². The van der Waals surface area contributed by atoms with Crippen molar-refractivity contribution >= 4 is 17.3 Å². The van der Waals surface area contributed by atoms with E-state index in [0.717, 1.165) is 37.7 Å². The zero-order chi connectivity index (χ0) is 16.8. The van der Waals surface area contributed by atoms with Crippen molar-refractivity contribution < 1.29 is 4.74 Å². The van der Waals surface area contributed by atoms with Crippen LogP contribution in [0.4, 0.5) is 0 Å². The predicted octanol–water partition coefficient (Wildman–Crippen LogP) is 3.62. The maximum atomic E-state index is 5.73. The van der Waals surface area contributed by atoms with Crippen LogP contribution in [0.1, 0.15) is 29.8 Å². The van der Waals surface area contributed by atoms with Gasteiger partial charge in [-0.15, -0.1) is 11.3 Å². The lowest BCUT2D eigenvalue weighted by Crippen LogP contribution is -2.42. The number of fused-ring (bicyclic) bond motifs is 1. The molecule has 0 radical (unpaired) electrons. The van der Waals surface area contributed by atoms with Crippen LogP contribution in [-0.4, -0.2) is 26.2 Å². The molecule has 4 nitrogen and oxygen atoms in total. The Labute approximate surface area is 148 Å². The highest BCUT2D eigenvalue weighted by Crippen LogP contribution is 2.31. The molecule has 2 atom stereocenters. The van der Waals surface area contributed by atoms with E-state index in [1.54, 1.807) is 0 Å².